The van der Waals surface area contributed by atoms with Crippen LogP contribution in [0.4, 0.5) is 0 Å². The summed E-state index contributed by atoms with van der Waals surface area (Å²) < 4.78 is 4.53. The first-order valence-corrected chi connectivity index (χ1v) is 11.2. The maximum absolute atomic E-state index is 6.42. The van der Waals surface area contributed by atoms with E-state index < -0.39 is 0 Å². The molecular weight excluding hydrogens is 461 g/mol. The summed E-state index contributed by atoms with van der Waals surface area (Å²) in [5, 5.41) is 9.73. The zero-order valence-electron chi connectivity index (χ0n) is 16.9. The molecule has 3 aromatic carbocycles. The summed E-state index contributed by atoms with van der Waals surface area (Å²) in [7, 11) is 0. The van der Waals surface area contributed by atoms with Crippen molar-refractivity contribution >= 4 is 46.3 Å². The number of fused-ring (bicyclic) bond motifs is 1. The summed E-state index contributed by atoms with van der Waals surface area (Å²) in [4.78, 5) is 0. The minimum atomic E-state index is 0.514. The predicted molar refractivity (Wildman–Crippen MR) is 133 cm³/mol. The van der Waals surface area contributed by atoms with E-state index >= 15 is 0 Å². The molecule has 0 radical (unpaired) electrons. The molecule has 0 unspecified atom stereocenters. The third-order valence-electron chi connectivity index (χ3n) is 5.36. The third kappa shape index (κ3) is 4.05. The van der Waals surface area contributed by atoms with E-state index in [-0.39, 0.29) is 0 Å². The van der Waals surface area contributed by atoms with E-state index in [2.05, 4.69) is 38.5 Å². The zero-order chi connectivity index (χ0) is 22.1. The van der Waals surface area contributed by atoms with Crippen LogP contribution in [0.15, 0.2) is 79.0 Å². The van der Waals surface area contributed by atoms with Gasteiger partial charge in [0.05, 0.1) is 6.54 Å². The molecule has 0 spiro atoms. The monoisotopic (exact) mass is 479 g/mol. The van der Waals surface area contributed by atoms with Crippen LogP contribution in [0.2, 0.25) is 10.0 Å². The molecule has 8 heteroatoms. The summed E-state index contributed by atoms with van der Waals surface area (Å²) in [5.41, 5.74) is 7.70. The Morgan fingerprint density at radius 3 is 2.53 bits per heavy atom. The fraction of sp³-hybridized carbons (Fsp3) is 0.0833. The minimum absolute atomic E-state index is 0.514. The lowest BCUT2D eigenvalue weighted by atomic mass is 10.2. The highest BCUT2D eigenvalue weighted by Crippen LogP contribution is 2.26. The fourth-order valence-corrected chi connectivity index (χ4v) is 4.48. The molecule has 0 bridgehead atoms. The minimum Gasteiger partial charge on any atom is -0.343 e. The Bertz CT molecular complexity index is 1450. The Morgan fingerprint density at radius 2 is 1.72 bits per heavy atom. The van der Waals surface area contributed by atoms with Crippen molar-refractivity contribution in [3.8, 4) is 11.4 Å². The maximum Gasteiger partial charge on any atom is 0.214 e. The van der Waals surface area contributed by atoms with Crippen LogP contribution in [0.25, 0.3) is 22.3 Å². The van der Waals surface area contributed by atoms with Gasteiger partial charge in [0.15, 0.2) is 5.82 Å². The lowest BCUT2D eigenvalue weighted by molar-refractivity contribution is 0.810. The predicted octanol–water partition coefficient (Wildman–Crippen LogP) is 6.66. The number of nitrogens with zero attached hydrogens (tertiary/aromatic N) is 3. The van der Waals surface area contributed by atoms with E-state index in [4.69, 9.17) is 35.4 Å². The Hall–Kier alpha value is -3.06. The molecule has 0 aliphatic carbocycles. The van der Waals surface area contributed by atoms with Crippen molar-refractivity contribution in [1.29, 1.82) is 0 Å². The second-order valence-corrected chi connectivity index (χ2v) is 8.65. The van der Waals surface area contributed by atoms with Gasteiger partial charge in [-0.1, -0.05) is 77.8 Å². The van der Waals surface area contributed by atoms with E-state index in [0.29, 0.717) is 27.9 Å². The molecule has 5 aromatic rings. The summed E-state index contributed by atoms with van der Waals surface area (Å²) in [6.07, 6.45) is 2.15. The molecule has 2 heterocycles. The van der Waals surface area contributed by atoms with Gasteiger partial charge in [-0.05, 0) is 41.5 Å². The van der Waals surface area contributed by atoms with Gasteiger partial charge in [-0.2, -0.15) is 5.10 Å². The highest BCUT2D eigenvalue weighted by atomic mass is 35.5. The van der Waals surface area contributed by atoms with E-state index in [1.165, 1.54) is 5.39 Å². The molecule has 5 rings (SSSR count). The topological polar surface area (TPSA) is 50.6 Å². The molecule has 0 aliphatic rings. The summed E-state index contributed by atoms with van der Waals surface area (Å²) in [6, 6.07) is 23.9. The summed E-state index contributed by atoms with van der Waals surface area (Å²) in [6.45, 7) is 1.23. The standard InChI is InChI=1S/C24H19Cl2N5S/c25-19-11-10-17(21(26)12-19)14-30-15-18(20-8-4-5-9-22(20)30)13-27-31-23(28-29-24(31)32)16-6-2-1-3-7-16/h1-12,15,27H,13-14H2,(H,29,32). The van der Waals surface area contributed by atoms with Gasteiger partial charge in [-0.15, -0.1) is 0 Å². The zero-order valence-corrected chi connectivity index (χ0v) is 19.3. The molecule has 0 atom stereocenters. The number of nitrogens with one attached hydrogen (secondary N) is 2. The number of H-pyrrole nitrogens is 1. The molecule has 5 nitrogen and oxygen atoms in total. The fourth-order valence-electron chi connectivity index (χ4n) is 3.82. The van der Waals surface area contributed by atoms with Crippen molar-refractivity contribution < 1.29 is 0 Å². The Morgan fingerprint density at radius 1 is 0.938 bits per heavy atom. The lowest BCUT2D eigenvalue weighted by Gasteiger charge is -2.10. The first kappa shape index (κ1) is 20.8. The average molecular weight is 480 g/mol. The van der Waals surface area contributed by atoms with E-state index in [1.54, 1.807) is 6.07 Å². The molecule has 0 fully saturated rings. The Kier molecular flexibility index (Phi) is 5.74. The van der Waals surface area contributed by atoms with Crippen LogP contribution in [0, 0.1) is 4.77 Å². The van der Waals surface area contributed by atoms with Crippen LogP contribution in [-0.2, 0) is 13.1 Å². The van der Waals surface area contributed by atoms with Gasteiger partial charge < -0.3 is 9.99 Å². The molecule has 0 saturated heterocycles. The Labute approximate surface area is 200 Å². The smallest absolute Gasteiger partial charge is 0.214 e. The van der Waals surface area contributed by atoms with Gasteiger partial charge in [0.2, 0.25) is 4.77 Å². The van der Waals surface area contributed by atoms with Gasteiger partial charge in [-0.25, -0.2) is 9.77 Å². The van der Waals surface area contributed by atoms with Gasteiger partial charge in [-0.3, -0.25) is 0 Å². The van der Waals surface area contributed by atoms with Crippen LogP contribution < -0.4 is 5.43 Å². The van der Waals surface area contributed by atoms with E-state index in [0.717, 1.165) is 28.0 Å². The molecule has 2 N–H and O–H groups in total. The van der Waals surface area contributed by atoms with Crippen molar-refractivity contribution in [1.82, 2.24) is 19.4 Å². The van der Waals surface area contributed by atoms with E-state index in [9.17, 15) is 0 Å². The maximum atomic E-state index is 6.42. The van der Waals surface area contributed by atoms with Gasteiger partial charge in [0.1, 0.15) is 0 Å². The SMILES string of the molecule is S=c1[nH]nc(-c2ccccc2)n1NCc1cn(Cc2ccc(Cl)cc2Cl)c2ccccc12. The molecule has 2 aromatic heterocycles. The van der Waals surface area contributed by atoms with Crippen molar-refractivity contribution in [2.45, 2.75) is 13.1 Å². The quantitative estimate of drug-likeness (QED) is 0.267. The first-order chi connectivity index (χ1) is 15.6. The van der Waals surface area contributed by atoms with Crippen LogP contribution in [-0.4, -0.2) is 19.4 Å². The van der Waals surface area contributed by atoms with Crippen LogP contribution >= 0.6 is 35.4 Å². The number of para-hydroxylation sites is 1. The highest BCUT2D eigenvalue weighted by molar-refractivity contribution is 7.71. The second kappa shape index (κ2) is 8.82. The highest BCUT2D eigenvalue weighted by Gasteiger charge is 2.12. The van der Waals surface area contributed by atoms with E-state index in [1.807, 2.05) is 59.3 Å². The molecule has 0 amide bonds. The third-order valence-corrected chi connectivity index (χ3v) is 6.22. The van der Waals surface area contributed by atoms with Crippen LogP contribution in [0.5, 0.6) is 0 Å². The average Bonchev–Trinajstić information content (AvgIpc) is 3.35. The van der Waals surface area contributed by atoms with Gasteiger partial charge in [0, 0.05) is 39.3 Å². The molecule has 32 heavy (non-hydrogen) atoms. The van der Waals surface area contributed by atoms with Crippen molar-refractivity contribution in [2.24, 2.45) is 0 Å². The van der Waals surface area contributed by atoms with Crippen LogP contribution in [0.1, 0.15) is 11.1 Å². The molecular formula is C24H19Cl2N5S. The number of hydrogen-bond donors (Lipinski definition) is 2. The van der Waals surface area contributed by atoms with Gasteiger partial charge in [0.25, 0.3) is 0 Å². The lowest BCUT2D eigenvalue weighted by Crippen LogP contribution is -2.15. The van der Waals surface area contributed by atoms with Crippen molar-refractivity contribution in [2.75, 3.05) is 5.43 Å². The van der Waals surface area contributed by atoms with Gasteiger partial charge >= 0.3 is 0 Å². The normalized spacial score (nSPS) is 11.2. The molecule has 160 valence electrons. The molecule has 0 aliphatic heterocycles. The number of benzene rings is 3. The summed E-state index contributed by atoms with van der Waals surface area (Å²) in [5.74, 6) is 0.743. The number of aromatic nitrogens is 4. The number of halogens is 2. The number of rotatable bonds is 6. The second-order valence-electron chi connectivity index (χ2n) is 7.42. The number of hydrogen-bond acceptors (Lipinski definition) is 3. The van der Waals surface area contributed by atoms with Crippen molar-refractivity contribution in [3.63, 3.8) is 0 Å². The summed E-state index contributed by atoms with van der Waals surface area (Å²) >= 11 is 17.9. The first-order valence-electron chi connectivity index (χ1n) is 10.1. The van der Waals surface area contributed by atoms with Crippen molar-refractivity contribution in [3.05, 3.63) is 105 Å². The largest absolute Gasteiger partial charge is 0.343 e. The van der Waals surface area contributed by atoms with Crippen LogP contribution in [0.3, 0.4) is 0 Å². The molecule has 0 saturated carbocycles. The number of aromatic amines is 1. The Balaban J connectivity index is 1.46.